The van der Waals surface area contributed by atoms with Crippen molar-refractivity contribution in [2.75, 3.05) is 19.6 Å². The molecule has 0 atom stereocenters. The first-order valence-electron chi connectivity index (χ1n) is 12.3. The number of aromatic nitrogens is 2. The largest absolute Gasteiger partial charge is 0.545 e. The maximum absolute atomic E-state index is 9.53. The summed E-state index contributed by atoms with van der Waals surface area (Å²) in [4.78, 5) is 21.4. The Morgan fingerprint density at radius 2 is 1.89 bits per heavy atom. The van der Waals surface area contributed by atoms with E-state index in [0.717, 1.165) is 71.2 Å². The molecule has 1 aromatic heterocycles. The molecule has 9 heteroatoms. The molecule has 2 aliphatic heterocycles. The molecular formula is C28H31N3O6. The van der Waals surface area contributed by atoms with Gasteiger partial charge in [-0.05, 0) is 57.3 Å². The zero-order chi connectivity index (χ0) is 26.7. The number of carboxylic acid groups (broad SMARTS) is 2. The smallest absolute Gasteiger partial charge is 0.328 e. The number of hydrogen-bond acceptors (Lipinski definition) is 6. The number of benzene rings is 2. The van der Waals surface area contributed by atoms with Crippen LogP contribution in [0, 0.1) is 0 Å². The third-order valence-corrected chi connectivity index (χ3v) is 6.34. The zero-order valence-corrected chi connectivity index (χ0v) is 21.4. The van der Waals surface area contributed by atoms with E-state index in [9.17, 15) is 14.7 Å². The van der Waals surface area contributed by atoms with Crippen molar-refractivity contribution in [3.63, 3.8) is 0 Å². The minimum Gasteiger partial charge on any atom is -0.545 e. The van der Waals surface area contributed by atoms with Gasteiger partial charge in [0.25, 0.3) is 0 Å². The number of carboxylic acids is 2. The standard InChI is InChI=1S/C24H27N3O2.C4H4O4/c1-5-26(6-2)13-14-27-18-15-20-17(11-12-24(3,4)29-20)23-21(18)22(25-27)16-9-7-8-10-19(16)28-23;5-3(6)1-2-4(7)8/h7-12,15H,5-6,13-14H2,1-4H3;1-2H,(H,5,6)(H,7,8)/b;2-1+. The number of nitrogens with zero attached hydrogens (tertiary/aromatic N) is 2. The molecule has 0 fully saturated rings. The predicted molar refractivity (Wildman–Crippen MR) is 137 cm³/mol. The van der Waals surface area contributed by atoms with Gasteiger partial charge in [0.1, 0.15) is 28.2 Å². The molecule has 0 spiro atoms. The molecule has 2 aromatic carbocycles. The van der Waals surface area contributed by atoms with E-state index in [-0.39, 0.29) is 5.60 Å². The van der Waals surface area contributed by atoms with E-state index in [1.54, 1.807) is 0 Å². The van der Waals surface area contributed by atoms with Crippen molar-refractivity contribution in [1.29, 1.82) is 0 Å². The molecule has 9 nitrogen and oxygen atoms in total. The van der Waals surface area contributed by atoms with Crippen molar-refractivity contribution in [3.05, 3.63) is 54.1 Å². The average molecular weight is 506 g/mol. The van der Waals surface area contributed by atoms with Crippen LogP contribution >= 0.6 is 0 Å². The monoisotopic (exact) mass is 505 g/mol. The summed E-state index contributed by atoms with van der Waals surface area (Å²) in [5.74, 6) is -0.162. The number of ether oxygens (including phenoxy) is 2. The van der Waals surface area contributed by atoms with Crippen LogP contribution in [0.25, 0.3) is 28.2 Å². The molecule has 37 heavy (non-hydrogen) atoms. The van der Waals surface area contributed by atoms with Gasteiger partial charge in [-0.1, -0.05) is 26.0 Å². The molecule has 2 N–H and O–H groups in total. The van der Waals surface area contributed by atoms with E-state index < -0.39 is 11.9 Å². The SMILES string of the molecule is CCN(CC)CC[n+]1[nH]c2c3c(c4c(cc31)OC(C)(C)C=C4)Oc1ccccc1-2.O=C([O-])/C=C/C(=O)O. The quantitative estimate of drug-likeness (QED) is 0.293. The lowest BCUT2D eigenvalue weighted by molar-refractivity contribution is -0.725. The molecule has 3 heterocycles. The maximum atomic E-state index is 9.53. The Labute approximate surface area is 215 Å². The van der Waals surface area contributed by atoms with Gasteiger partial charge in [-0.3, -0.25) is 4.90 Å². The van der Waals surface area contributed by atoms with Crippen molar-refractivity contribution in [3.8, 4) is 28.5 Å². The highest BCUT2D eigenvalue weighted by atomic mass is 16.5. The van der Waals surface area contributed by atoms with Gasteiger partial charge in [0.05, 0.1) is 24.1 Å². The van der Waals surface area contributed by atoms with Gasteiger partial charge in [-0.2, -0.15) is 5.10 Å². The minimum atomic E-state index is -1.51. The number of aromatic amines is 1. The van der Waals surface area contributed by atoms with Crippen molar-refractivity contribution in [1.82, 2.24) is 10.00 Å². The van der Waals surface area contributed by atoms with E-state index in [4.69, 9.17) is 14.6 Å². The summed E-state index contributed by atoms with van der Waals surface area (Å²) >= 11 is 0. The molecule has 0 saturated heterocycles. The molecule has 2 aliphatic rings. The third kappa shape index (κ3) is 5.51. The third-order valence-electron chi connectivity index (χ3n) is 6.34. The van der Waals surface area contributed by atoms with Crippen molar-refractivity contribution in [2.45, 2.75) is 39.8 Å². The first kappa shape index (κ1) is 26.0. The Kier molecular flexibility index (Phi) is 7.35. The summed E-state index contributed by atoms with van der Waals surface area (Å²) in [6.07, 6.45) is 5.18. The molecule has 0 saturated carbocycles. The number of H-pyrrole nitrogens is 1. The van der Waals surface area contributed by atoms with Crippen molar-refractivity contribution in [2.24, 2.45) is 0 Å². The Morgan fingerprint density at radius 1 is 1.16 bits per heavy atom. The predicted octanol–water partition coefficient (Wildman–Crippen LogP) is 3.13. The van der Waals surface area contributed by atoms with Gasteiger partial charge in [-0.25, -0.2) is 4.79 Å². The Balaban J connectivity index is 0.000000349. The topological polar surface area (TPSA) is 119 Å². The van der Waals surface area contributed by atoms with Crippen LogP contribution in [0.2, 0.25) is 0 Å². The summed E-state index contributed by atoms with van der Waals surface area (Å²) < 4.78 is 15.0. The average Bonchev–Trinajstić information content (AvgIpc) is 3.22. The molecule has 3 aromatic rings. The van der Waals surface area contributed by atoms with Crippen LogP contribution in [0.5, 0.6) is 17.2 Å². The molecule has 0 radical (unpaired) electrons. The Morgan fingerprint density at radius 3 is 2.54 bits per heavy atom. The number of para-hydroxylation sites is 1. The molecule has 0 bridgehead atoms. The number of carbonyl (C=O) groups is 2. The Bertz CT molecular complexity index is 1380. The van der Waals surface area contributed by atoms with E-state index in [0.29, 0.717) is 12.2 Å². The highest BCUT2D eigenvalue weighted by molar-refractivity contribution is 6.03. The van der Waals surface area contributed by atoms with Crippen molar-refractivity contribution >= 4 is 28.9 Å². The van der Waals surface area contributed by atoms with Crippen LogP contribution in [0.15, 0.2) is 48.6 Å². The molecule has 5 rings (SSSR count). The van der Waals surface area contributed by atoms with E-state index in [1.165, 1.54) is 0 Å². The minimum absolute atomic E-state index is 0.328. The van der Waals surface area contributed by atoms with Crippen molar-refractivity contribution < 1.29 is 34.0 Å². The molecule has 0 aliphatic carbocycles. The lowest BCUT2D eigenvalue weighted by Crippen LogP contribution is -2.42. The summed E-state index contributed by atoms with van der Waals surface area (Å²) in [5.41, 5.74) is 4.04. The summed E-state index contributed by atoms with van der Waals surface area (Å²) in [6.45, 7) is 12.6. The fourth-order valence-corrected chi connectivity index (χ4v) is 4.46. The Hall–Kier alpha value is -4.11. The highest BCUT2D eigenvalue weighted by Crippen LogP contribution is 2.50. The summed E-state index contributed by atoms with van der Waals surface area (Å²) in [6, 6.07) is 10.4. The van der Waals surface area contributed by atoms with Crippen LogP contribution in [0.4, 0.5) is 0 Å². The van der Waals surface area contributed by atoms with Gasteiger partial charge in [-0.15, -0.1) is 4.68 Å². The highest BCUT2D eigenvalue weighted by Gasteiger charge is 2.35. The normalized spacial score (nSPS) is 14.4. The van der Waals surface area contributed by atoms with Crippen LogP contribution in [-0.2, 0) is 16.1 Å². The number of rotatable bonds is 7. The zero-order valence-electron chi connectivity index (χ0n) is 21.4. The van der Waals surface area contributed by atoms with E-state index >= 15 is 0 Å². The second-order valence-electron chi connectivity index (χ2n) is 9.30. The van der Waals surface area contributed by atoms with Gasteiger partial charge >= 0.3 is 5.97 Å². The second-order valence-corrected chi connectivity index (χ2v) is 9.30. The first-order chi connectivity index (χ1) is 17.6. The number of nitrogens with one attached hydrogen (secondary N) is 1. The lowest BCUT2D eigenvalue weighted by atomic mass is 9.96. The number of likely N-dealkylation sites (N-methyl/N-ethyl adjacent to an activating group) is 1. The molecular weight excluding hydrogens is 474 g/mol. The fourth-order valence-electron chi connectivity index (χ4n) is 4.46. The number of fused-ring (bicyclic) bond motifs is 4. The van der Waals surface area contributed by atoms with Gasteiger partial charge in [0, 0.05) is 11.6 Å². The molecule has 194 valence electrons. The van der Waals surface area contributed by atoms with Gasteiger partial charge in [0.15, 0.2) is 12.3 Å². The lowest BCUT2D eigenvalue weighted by Gasteiger charge is -2.29. The molecule has 0 amide bonds. The number of carbonyl (C=O) groups excluding carboxylic acids is 1. The van der Waals surface area contributed by atoms with Gasteiger partial charge in [0.2, 0.25) is 5.52 Å². The maximum Gasteiger partial charge on any atom is 0.328 e. The van der Waals surface area contributed by atoms with Crippen LogP contribution < -0.4 is 19.3 Å². The first-order valence-corrected chi connectivity index (χ1v) is 12.3. The van der Waals surface area contributed by atoms with E-state index in [1.807, 2.05) is 12.1 Å². The molecule has 0 unspecified atom stereocenters. The number of aliphatic carboxylic acids is 2. The summed E-state index contributed by atoms with van der Waals surface area (Å²) in [7, 11) is 0. The van der Waals surface area contributed by atoms with Crippen LogP contribution in [-0.4, -0.2) is 52.3 Å². The van der Waals surface area contributed by atoms with Crippen LogP contribution in [0.3, 0.4) is 0 Å². The second kappa shape index (κ2) is 10.5. The fraction of sp³-hybridized carbons (Fsp3) is 0.321. The summed E-state index contributed by atoms with van der Waals surface area (Å²) in [5, 5.41) is 22.0. The van der Waals surface area contributed by atoms with E-state index in [2.05, 4.69) is 72.7 Å². The van der Waals surface area contributed by atoms with Crippen LogP contribution in [0.1, 0.15) is 33.3 Å². The van der Waals surface area contributed by atoms with Gasteiger partial charge < -0.3 is 24.5 Å². The number of hydrogen-bond donors (Lipinski definition) is 2.